The maximum Gasteiger partial charge on any atom is 0.416 e. The van der Waals surface area contributed by atoms with Gasteiger partial charge in [0.05, 0.1) is 22.3 Å². The number of carbonyl (C=O) groups is 4. The van der Waals surface area contributed by atoms with Crippen LogP contribution in [0.25, 0.3) is 0 Å². The van der Waals surface area contributed by atoms with E-state index in [0.29, 0.717) is 24.3 Å². The zero-order chi connectivity index (χ0) is 29.7. The lowest BCUT2D eigenvalue weighted by Crippen LogP contribution is -2.48. The standard InChI is InChI=1S/C25H16F6N2O7/c26-24(27,28)15-5-1-3-13(11-15)22(37)39-18(20(34)33-17-7-9-32-10-8-17)19(21(35)36)40-23(38)14-4-2-6-16(12-14)25(29,30)31/h1-12,18-19H,(H,35,36)(H,32,33,34)/t18-,19-/m1/s1. The molecule has 0 unspecified atom stereocenters. The maximum absolute atomic E-state index is 13.1. The SMILES string of the molecule is O=C(O[C@@H](C(=O)O)[C@@H](OC(=O)c1cccc(C(F)(F)F)c1)C(=O)Nc1ccncc1)c1cccc(C(F)(F)F)c1. The fraction of sp³-hybridized carbons (Fsp3) is 0.160. The molecule has 2 N–H and O–H groups in total. The summed E-state index contributed by atoms with van der Waals surface area (Å²) in [4.78, 5) is 53.9. The molecule has 0 saturated heterocycles. The first-order valence-corrected chi connectivity index (χ1v) is 10.9. The number of aromatic nitrogens is 1. The van der Waals surface area contributed by atoms with Crippen LogP contribution in [-0.2, 0) is 31.4 Å². The highest BCUT2D eigenvalue weighted by molar-refractivity contribution is 6.01. The summed E-state index contributed by atoms with van der Waals surface area (Å²) in [6, 6.07) is 7.96. The van der Waals surface area contributed by atoms with Crippen molar-refractivity contribution in [1.82, 2.24) is 4.98 Å². The molecule has 15 heteroatoms. The summed E-state index contributed by atoms with van der Waals surface area (Å²) in [6.45, 7) is 0. The third kappa shape index (κ3) is 7.55. The molecule has 1 heterocycles. The molecule has 0 bridgehead atoms. The van der Waals surface area contributed by atoms with Crippen molar-refractivity contribution in [3.05, 3.63) is 95.3 Å². The molecule has 0 saturated carbocycles. The summed E-state index contributed by atoms with van der Waals surface area (Å²) >= 11 is 0. The van der Waals surface area contributed by atoms with Gasteiger partial charge in [0, 0.05) is 18.1 Å². The number of nitrogens with one attached hydrogen (secondary N) is 1. The summed E-state index contributed by atoms with van der Waals surface area (Å²) < 4.78 is 88.0. The van der Waals surface area contributed by atoms with E-state index in [9.17, 15) is 50.6 Å². The Hall–Kier alpha value is -4.95. The van der Waals surface area contributed by atoms with E-state index in [1.165, 1.54) is 24.5 Å². The van der Waals surface area contributed by atoms with Gasteiger partial charge >= 0.3 is 30.3 Å². The molecule has 40 heavy (non-hydrogen) atoms. The predicted molar refractivity (Wildman–Crippen MR) is 122 cm³/mol. The number of carbonyl (C=O) groups excluding carboxylic acids is 3. The van der Waals surface area contributed by atoms with Gasteiger partial charge in [0.1, 0.15) is 0 Å². The monoisotopic (exact) mass is 570 g/mol. The molecule has 0 fully saturated rings. The number of pyridine rings is 1. The average Bonchev–Trinajstić information content (AvgIpc) is 2.90. The second-order valence-corrected chi connectivity index (χ2v) is 7.87. The van der Waals surface area contributed by atoms with E-state index in [0.717, 1.165) is 24.3 Å². The Morgan fingerprint density at radius 3 is 1.60 bits per heavy atom. The number of hydrogen-bond donors (Lipinski definition) is 2. The van der Waals surface area contributed by atoms with Crippen LogP contribution >= 0.6 is 0 Å². The first-order valence-electron chi connectivity index (χ1n) is 10.9. The van der Waals surface area contributed by atoms with Crippen LogP contribution in [0.2, 0.25) is 0 Å². The number of carboxylic acid groups (broad SMARTS) is 1. The predicted octanol–water partition coefficient (Wildman–Crippen LogP) is 4.59. The van der Waals surface area contributed by atoms with Crippen LogP contribution in [0, 0.1) is 0 Å². The van der Waals surface area contributed by atoms with E-state index < -0.39 is 70.6 Å². The maximum atomic E-state index is 13.1. The molecule has 3 aromatic rings. The third-order valence-corrected chi connectivity index (χ3v) is 5.04. The molecule has 210 valence electrons. The highest BCUT2D eigenvalue weighted by Crippen LogP contribution is 2.31. The van der Waals surface area contributed by atoms with E-state index in [4.69, 9.17) is 9.47 Å². The van der Waals surface area contributed by atoms with Gasteiger partial charge in [-0.1, -0.05) is 12.1 Å². The zero-order valence-electron chi connectivity index (χ0n) is 19.7. The number of hydrogen-bond acceptors (Lipinski definition) is 7. The van der Waals surface area contributed by atoms with Crippen LogP contribution in [0.4, 0.5) is 32.0 Å². The Kier molecular flexibility index (Phi) is 8.76. The molecule has 3 rings (SSSR count). The van der Waals surface area contributed by atoms with Crippen molar-refractivity contribution in [1.29, 1.82) is 0 Å². The lowest BCUT2D eigenvalue weighted by atomic mass is 10.1. The number of carboxylic acids is 1. The summed E-state index contributed by atoms with van der Waals surface area (Å²) in [5, 5.41) is 11.9. The van der Waals surface area contributed by atoms with Crippen molar-refractivity contribution in [3.8, 4) is 0 Å². The van der Waals surface area contributed by atoms with Crippen molar-refractivity contribution in [3.63, 3.8) is 0 Å². The van der Waals surface area contributed by atoms with E-state index >= 15 is 0 Å². The first-order chi connectivity index (χ1) is 18.7. The number of alkyl halides is 6. The number of aliphatic carboxylic acids is 1. The lowest BCUT2D eigenvalue weighted by Gasteiger charge is -2.24. The van der Waals surface area contributed by atoms with Crippen molar-refractivity contribution >= 4 is 29.5 Å². The average molecular weight is 570 g/mol. The quantitative estimate of drug-likeness (QED) is 0.297. The van der Waals surface area contributed by atoms with Gasteiger partial charge in [-0.2, -0.15) is 26.3 Å². The van der Waals surface area contributed by atoms with Gasteiger partial charge in [-0.25, -0.2) is 14.4 Å². The molecule has 0 aliphatic carbocycles. The summed E-state index contributed by atoms with van der Waals surface area (Å²) in [6.07, 6.45) is -12.4. The molecular weight excluding hydrogens is 554 g/mol. The van der Waals surface area contributed by atoms with E-state index in [1.807, 2.05) is 0 Å². The van der Waals surface area contributed by atoms with Crippen molar-refractivity contribution < 1.29 is 60.1 Å². The van der Waals surface area contributed by atoms with Crippen LogP contribution < -0.4 is 5.32 Å². The number of rotatable bonds is 8. The zero-order valence-corrected chi connectivity index (χ0v) is 19.7. The van der Waals surface area contributed by atoms with Crippen LogP contribution in [0.15, 0.2) is 73.1 Å². The molecule has 2 atom stereocenters. The van der Waals surface area contributed by atoms with Gasteiger partial charge in [0.15, 0.2) is 0 Å². The van der Waals surface area contributed by atoms with Gasteiger partial charge < -0.3 is 19.9 Å². The van der Waals surface area contributed by atoms with Crippen molar-refractivity contribution in [2.45, 2.75) is 24.6 Å². The van der Waals surface area contributed by atoms with Crippen LogP contribution in [-0.4, -0.2) is 46.1 Å². The highest BCUT2D eigenvalue weighted by atomic mass is 19.4. The Morgan fingerprint density at radius 2 is 1.18 bits per heavy atom. The van der Waals surface area contributed by atoms with Crippen LogP contribution in [0.3, 0.4) is 0 Å². The molecule has 2 aromatic carbocycles. The molecule has 9 nitrogen and oxygen atoms in total. The number of ether oxygens (including phenoxy) is 2. The smallest absolute Gasteiger partial charge is 0.416 e. The Bertz CT molecular complexity index is 1410. The minimum atomic E-state index is -4.87. The van der Waals surface area contributed by atoms with Crippen molar-refractivity contribution in [2.75, 3.05) is 5.32 Å². The third-order valence-electron chi connectivity index (χ3n) is 5.04. The second kappa shape index (κ2) is 11.8. The van der Waals surface area contributed by atoms with Crippen LogP contribution in [0.1, 0.15) is 31.8 Å². The number of benzene rings is 2. The van der Waals surface area contributed by atoms with Crippen LogP contribution in [0.5, 0.6) is 0 Å². The lowest BCUT2D eigenvalue weighted by molar-refractivity contribution is -0.157. The van der Waals surface area contributed by atoms with E-state index in [1.54, 1.807) is 0 Å². The first kappa shape index (κ1) is 29.6. The number of nitrogens with zero attached hydrogens (tertiary/aromatic N) is 1. The Labute approximate surface area is 220 Å². The molecule has 0 radical (unpaired) electrons. The van der Waals surface area contributed by atoms with E-state index in [2.05, 4.69) is 10.3 Å². The minimum Gasteiger partial charge on any atom is -0.478 e. The normalized spacial score (nSPS) is 13.1. The topological polar surface area (TPSA) is 132 Å². The fourth-order valence-electron chi connectivity index (χ4n) is 3.15. The number of anilines is 1. The molecule has 0 aliphatic heterocycles. The number of esters is 2. The van der Waals surface area contributed by atoms with Crippen molar-refractivity contribution in [2.24, 2.45) is 0 Å². The van der Waals surface area contributed by atoms with Gasteiger partial charge in [-0.3, -0.25) is 9.78 Å². The fourth-order valence-corrected chi connectivity index (χ4v) is 3.15. The van der Waals surface area contributed by atoms with Gasteiger partial charge in [0.2, 0.25) is 12.2 Å². The van der Waals surface area contributed by atoms with Gasteiger partial charge in [-0.05, 0) is 48.5 Å². The molecule has 1 amide bonds. The van der Waals surface area contributed by atoms with E-state index in [-0.39, 0.29) is 5.69 Å². The Morgan fingerprint density at radius 1 is 0.725 bits per heavy atom. The summed E-state index contributed by atoms with van der Waals surface area (Å²) in [7, 11) is 0. The van der Waals surface area contributed by atoms with Gasteiger partial charge in [-0.15, -0.1) is 0 Å². The second-order valence-electron chi connectivity index (χ2n) is 7.87. The summed E-state index contributed by atoms with van der Waals surface area (Å²) in [5.41, 5.74) is -4.00. The molecule has 1 aromatic heterocycles. The Balaban J connectivity index is 1.95. The molecular formula is C25H16F6N2O7. The molecule has 0 spiro atoms. The largest absolute Gasteiger partial charge is 0.478 e. The van der Waals surface area contributed by atoms with Gasteiger partial charge in [0.25, 0.3) is 5.91 Å². The molecule has 0 aliphatic rings. The minimum absolute atomic E-state index is 0.00783. The highest BCUT2D eigenvalue weighted by Gasteiger charge is 2.42. The summed E-state index contributed by atoms with van der Waals surface area (Å²) in [5.74, 6) is -6.68. The number of halogens is 6. The number of amides is 1.